The number of nitrogens with zero attached hydrogens (tertiary/aromatic N) is 1. The van der Waals surface area contributed by atoms with Crippen LogP contribution >= 0.6 is 0 Å². The minimum atomic E-state index is -2.76. The molecule has 100 valence electrons. The average Bonchev–Trinajstić information content (AvgIpc) is 2.53. The molecule has 17 heavy (non-hydrogen) atoms. The van der Waals surface area contributed by atoms with Gasteiger partial charge in [-0.25, -0.2) is 8.42 Å². The smallest absolute Gasteiger partial charge is 0.151 e. The van der Waals surface area contributed by atoms with Crippen molar-refractivity contribution < 1.29 is 8.42 Å². The van der Waals surface area contributed by atoms with E-state index in [1.165, 1.54) is 0 Å². The summed E-state index contributed by atoms with van der Waals surface area (Å²) in [6, 6.07) is 0.261. The first kappa shape index (κ1) is 13.3. The second kappa shape index (κ2) is 4.86. The molecule has 0 saturated carbocycles. The Hall–Kier alpha value is -0.130. The summed E-state index contributed by atoms with van der Waals surface area (Å²) in [7, 11) is -2.76. The Labute approximate surface area is 105 Å². The van der Waals surface area contributed by atoms with Crippen molar-refractivity contribution in [1.29, 1.82) is 0 Å². The Bertz CT molecular complexity index is 365. The third-order valence-electron chi connectivity index (χ3n) is 3.76. The van der Waals surface area contributed by atoms with Gasteiger partial charge in [-0.3, -0.25) is 4.90 Å². The monoisotopic (exact) mass is 260 g/mol. The van der Waals surface area contributed by atoms with E-state index in [2.05, 4.69) is 24.1 Å². The Kier molecular flexibility index (Phi) is 3.80. The van der Waals surface area contributed by atoms with Gasteiger partial charge in [0.05, 0.1) is 11.5 Å². The van der Waals surface area contributed by atoms with Crippen LogP contribution in [0.25, 0.3) is 0 Å². The van der Waals surface area contributed by atoms with Gasteiger partial charge in [0.1, 0.15) is 0 Å². The molecule has 2 aliphatic heterocycles. The zero-order valence-electron chi connectivity index (χ0n) is 10.9. The van der Waals surface area contributed by atoms with E-state index in [4.69, 9.17) is 0 Å². The van der Waals surface area contributed by atoms with E-state index in [1.807, 2.05) is 0 Å². The highest BCUT2D eigenvalue weighted by atomic mass is 32.2. The fourth-order valence-corrected chi connectivity index (χ4v) is 4.66. The van der Waals surface area contributed by atoms with Gasteiger partial charge in [0, 0.05) is 19.1 Å². The zero-order chi connectivity index (χ0) is 12.5. The van der Waals surface area contributed by atoms with Crippen LogP contribution in [0.2, 0.25) is 0 Å². The van der Waals surface area contributed by atoms with Gasteiger partial charge in [0.25, 0.3) is 0 Å². The van der Waals surface area contributed by atoms with Gasteiger partial charge in [0.15, 0.2) is 9.84 Å². The summed E-state index contributed by atoms with van der Waals surface area (Å²) in [6.07, 6.45) is 1.94. The van der Waals surface area contributed by atoms with E-state index < -0.39 is 9.84 Å². The molecule has 0 aliphatic carbocycles. The maximum absolute atomic E-state index is 11.6. The lowest BCUT2D eigenvalue weighted by Crippen LogP contribution is -2.48. The summed E-state index contributed by atoms with van der Waals surface area (Å²) < 4.78 is 23.1. The zero-order valence-corrected chi connectivity index (χ0v) is 11.7. The summed E-state index contributed by atoms with van der Waals surface area (Å²) in [5.41, 5.74) is 0.229. The molecule has 4 nitrogen and oxygen atoms in total. The molecule has 0 aromatic carbocycles. The van der Waals surface area contributed by atoms with Crippen molar-refractivity contribution in [1.82, 2.24) is 10.2 Å². The largest absolute Gasteiger partial charge is 0.316 e. The molecule has 0 aromatic heterocycles. The van der Waals surface area contributed by atoms with Gasteiger partial charge in [0.2, 0.25) is 0 Å². The first-order valence-electron chi connectivity index (χ1n) is 6.53. The number of nitrogens with one attached hydrogen (secondary N) is 1. The molecule has 1 unspecified atom stereocenters. The van der Waals surface area contributed by atoms with Crippen LogP contribution in [0.3, 0.4) is 0 Å². The van der Waals surface area contributed by atoms with E-state index >= 15 is 0 Å². The summed E-state index contributed by atoms with van der Waals surface area (Å²) in [5, 5.41) is 3.46. The number of sulfone groups is 1. The lowest BCUT2D eigenvalue weighted by Gasteiger charge is -2.38. The average molecular weight is 260 g/mol. The maximum atomic E-state index is 11.6. The van der Waals surface area contributed by atoms with Crippen LogP contribution in [-0.2, 0) is 9.84 Å². The Balaban J connectivity index is 2.03. The molecule has 2 saturated heterocycles. The molecule has 2 rings (SSSR count). The van der Waals surface area contributed by atoms with Gasteiger partial charge in [-0.15, -0.1) is 0 Å². The standard InChI is InChI=1S/C12H24N2O2S/c1-12(2)9-13-5-3-6-14(10-12)11-4-7-17(15,16)8-11/h11,13H,3-10H2,1-2H3. The van der Waals surface area contributed by atoms with Gasteiger partial charge in [-0.2, -0.15) is 0 Å². The van der Waals surface area contributed by atoms with Crippen molar-refractivity contribution in [3.8, 4) is 0 Å². The highest BCUT2D eigenvalue weighted by Crippen LogP contribution is 2.24. The molecule has 0 bridgehead atoms. The van der Waals surface area contributed by atoms with Gasteiger partial charge < -0.3 is 5.32 Å². The molecule has 0 radical (unpaired) electrons. The molecular weight excluding hydrogens is 236 g/mol. The Morgan fingerprint density at radius 3 is 2.76 bits per heavy atom. The maximum Gasteiger partial charge on any atom is 0.151 e. The first-order valence-corrected chi connectivity index (χ1v) is 8.35. The van der Waals surface area contributed by atoms with Crippen LogP contribution in [0.5, 0.6) is 0 Å². The first-order chi connectivity index (χ1) is 7.88. The lowest BCUT2D eigenvalue weighted by molar-refractivity contribution is 0.123. The molecule has 2 heterocycles. The van der Waals surface area contributed by atoms with Crippen molar-refractivity contribution in [2.24, 2.45) is 5.41 Å². The van der Waals surface area contributed by atoms with Crippen molar-refractivity contribution in [2.75, 3.05) is 37.7 Å². The van der Waals surface area contributed by atoms with Crippen LogP contribution in [0.15, 0.2) is 0 Å². The summed E-state index contributed by atoms with van der Waals surface area (Å²) >= 11 is 0. The predicted octanol–water partition coefficient (Wildman–Crippen LogP) is 0.495. The minimum Gasteiger partial charge on any atom is -0.316 e. The van der Waals surface area contributed by atoms with E-state index in [0.717, 1.165) is 39.0 Å². The lowest BCUT2D eigenvalue weighted by atomic mass is 9.91. The van der Waals surface area contributed by atoms with E-state index in [1.54, 1.807) is 0 Å². The predicted molar refractivity (Wildman–Crippen MR) is 69.9 cm³/mol. The van der Waals surface area contributed by atoms with Crippen LogP contribution in [0.1, 0.15) is 26.7 Å². The van der Waals surface area contributed by atoms with Crippen LogP contribution in [0, 0.1) is 5.41 Å². The molecule has 2 aliphatic rings. The van der Waals surface area contributed by atoms with E-state index in [0.29, 0.717) is 11.5 Å². The van der Waals surface area contributed by atoms with Crippen LogP contribution in [0.4, 0.5) is 0 Å². The normalized spacial score (nSPS) is 34.1. The third-order valence-corrected chi connectivity index (χ3v) is 5.51. The van der Waals surface area contributed by atoms with E-state index in [9.17, 15) is 8.42 Å². The number of rotatable bonds is 1. The topological polar surface area (TPSA) is 49.4 Å². The Morgan fingerprint density at radius 2 is 2.12 bits per heavy atom. The Morgan fingerprint density at radius 1 is 1.35 bits per heavy atom. The fourth-order valence-electron chi connectivity index (χ4n) is 2.89. The van der Waals surface area contributed by atoms with Crippen molar-refractivity contribution in [2.45, 2.75) is 32.7 Å². The molecule has 5 heteroatoms. The van der Waals surface area contributed by atoms with Crippen molar-refractivity contribution >= 4 is 9.84 Å². The summed E-state index contributed by atoms with van der Waals surface area (Å²) in [6.45, 7) is 8.59. The van der Waals surface area contributed by atoms with Gasteiger partial charge >= 0.3 is 0 Å². The highest BCUT2D eigenvalue weighted by molar-refractivity contribution is 7.91. The summed E-state index contributed by atoms with van der Waals surface area (Å²) in [5.74, 6) is 0.753. The van der Waals surface area contributed by atoms with Crippen molar-refractivity contribution in [3.63, 3.8) is 0 Å². The van der Waals surface area contributed by atoms with Crippen LogP contribution < -0.4 is 5.32 Å². The minimum absolute atomic E-state index is 0.229. The highest BCUT2D eigenvalue weighted by Gasteiger charge is 2.34. The van der Waals surface area contributed by atoms with Crippen LogP contribution in [-0.4, -0.2) is 57.0 Å². The van der Waals surface area contributed by atoms with E-state index in [-0.39, 0.29) is 11.5 Å². The van der Waals surface area contributed by atoms with Gasteiger partial charge in [-0.1, -0.05) is 13.8 Å². The summed E-state index contributed by atoms with van der Waals surface area (Å²) in [4.78, 5) is 2.41. The molecule has 1 atom stereocenters. The molecule has 1 N–H and O–H groups in total. The SMILES string of the molecule is CC1(C)CNCCCN(C2CCS(=O)(=O)C2)C1. The number of hydrogen-bond donors (Lipinski definition) is 1. The fraction of sp³-hybridized carbons (Fsp3) is 1.00. The second-order valence-corrected chi connectivity index (χ2v) is 8.45. The molecular formula is C12H24N2O2S. The second-order valence-electron chi connectivity index (χ2n) is 6.22. The molecule has 2 fully saturated rings. The van der Waals surface area contributed by atoms with Gasteiger partial charge in [-0.05, 0) is 31.3 Å². The quantitative estimate of drug-likeness (QED) is 0.746. The molecule has 0 aromatic rings. The molecule has 0 spiro atoms. The third kappa shape index (κ3) is 3.66. The van der Waals surface area contributed by atoms with Crippen molar-refractivity contribution in [3.05, 3.63) is 0 Å². The molecule has 0 amide bonds. The number of hydrogen-bond acceptors (Lipinski definition) is 4.